The van der Waals surface area contributed by atoms with Crippen molar-refractivity contribution in [3.05, 3.63) is 23.8 Å². The van der Waals surface area contributed by atoms with E-state index in [4.69, 9.17) is 4.74 Å². The Labute approximate surface area is 161 Å². The van der Waals surface area contributed by atoms with E-state index in [-0.39, 0.29) is 11.5 Å². The van der Waals surface area contributed by atoms with Gasteiger partial charge < -0.3 is 25.0 Å². The lowest BCUT2D eigenvalue weighted by molar-refractivity contribution is -0.114. The van der Waals surface area contributed by atoms with Crippen LogP contribution in [0.2, 0.25) is 0 Å². The second-order valence-electron chi connectivity index (χ2n) is 6.97. The van der Waals surface area contributed by atoms with Crippen LogP contribution in [0.15, 0.2) is 18.2 Å². The maximum atomic E-state index is 11.7. The van der Waals surface area contributed by atoms with Gasteiger partial charge in [-0.25, -0.2) is 4.79 Å². The van der Waals surface area contributed by atoms with Crippen LogP contribution in [0.3, 0.4) is 0 Å². The number of rotatable bonds is 9. The van der Waals surface area contributed by atoms with Crippen molar-refractivity contribution in [3.63, 3.8) is 0 Å². The van der Waals surface area contributed by atoms with E-state index in [0.717, 1.165) is 52.1 Å². The van der Waals surface area contributed by atoms with Gasteiger partial charge in [-0.3, -0.25) is 4.79 Å². The average molecular weight is 377 g/mol. The highest BCUT2D eigenvalue weighted by Gasteiger charge is 2.25. The summed E-state index contributed by atoms with van der Waals surface area (Å²) >= 11 is 0. The molecule has 0 saturated carbocycles. The summed E-state index contributed by atoms with van der Waals surface area (Å²) in [5.74, 6) is -1.19. The summed E-state index contributed by atoms with van der Waals surface area (Å²) in [5.41, 5.74) is 1.45. The Hall–Kier alpha value is -2.12. The van der Waals surface area contributed by atoms with Crippen LogP contribution in [0.4, 0.5) is 11.4 Å². The number of aromatic carboxylic acids is 1. The number of carbonyl (C=O) groups is 2. The van der Waals surface area contributed by atoms with E-state index in [1.54, 1.807) is 12.1 Å². The third kappa shape index (κ3) is 6.22. The minimum Gasteiger partial charge on any atom is -0.478 e. The molecule has 1 aliphatic heterocycles. The highest BCUT2D eigenvalue weighted by atomic mass is 16.5. The summed E-state index contributed by atoms with van der Waals surface area (Å²) < 4.78 is 5.40. The van der Waals surface area contributed by atoms with Crippen molar-refractivity contribution in [2.24, 2.45) is 0 Å². The molecule has 0 atom stereocenters. The quantitative estimate of drug-likeness (QED) is 0.644. The minimum absolute atomic E-state index is 0.215. The first-order chi connectivity index (χ1) is 12.9. The Balaban J connectivity index is 1.96. The van der Waals surface area contributed by atoms with Crippen LogP contribution in [0.1, 0.15) is 43.5 Å². The Kier molecular flexibility index (Phi) is 8.06. The van der Waals surface area contributed by atoms with Crippen molar-refractivity contribution in [2.75, 3.05) is 50.1 Å². The van der Waals surface area contributed by atoms with Crippen LogP contribution < -0.4 is 10.2 Å². The Morgan fingerprint density at radius 3 is 2.63 bits per heavy atom. The number of ether oxygens (including phenoxy) is 1. The number of carboxylic acids is 1. The van der Waals surface area contributed by atoms with Crippen molar-refractivity contribution in [1.29, 1.82) is 0 Å². The maximum Gasteiger partial charge on any atom is 0.337 e. The van der Waals surface area contributed by atoms with Gasteiger partial charge in [0.15, 0.2) is 0 Å². The van der Waals surface area contributed by atoms with E-state index in [1.165, 1.54) is 13.0 Å². The van der Waals surface area contributed by atoms with Crippen LogP contribution in [0.5, 0.6) is 0 Å². The molecular weight excluding hydrogens is 346 g/mol. The molecule has 7 nitrogen and oxygen atoms in total. The molecule has 1 amide bonds. The van der Waals surface area contributed by atoms with E-state index in [0.29, 0.717) is 17.4 Å². The van der Waals surface area contributed by atoms with Crippen LogP contribution in [0.25, 0.3) is 0 Å². The van der Waals surface area contributed by atoms with Crippen molar-refractivity contribution in [3.8, 4) is 0 Å². The Morgan fingerprint density at radius 1 is 1.33 bits per heavy atom. The van der Waals surface area contributed by atoms with Crippen LogP contribution in [-0.4, -0.2) is 67.8 Å². The summed E-state index contributed by atoms with van der Waals surface area (Å²) in [6.07, 6.45) is 3.02. The van der Waals surface area contributed by atoms with E-state index >= 15 is 0 Å². The zero-order chi connectivity index (χ0) is 19.8. The lowest BCUT2D eigenvalue weighted by Gasteiger charge is -2.38. The van der Waals surface area contributed by atoms with Crippen LogP contribution >= 0.6 is 0 Å². The van der Waals surface area contributed by atoms with Gasteiger partial charge in [0.05, 0.1) is 11.3 Å². The van der Waals surface area contributed by atoms with Crippen molar-refractivity contribution < 1.29 is 19.4 Å². The predicted molar refractivity (Wildman–Crippen MR) is 107 cm³/mol. The monoisotopic (exact) mass is 377 g/mol. The molecule has 1 aliphatic rings. The third-order valence-electron chi connectivity index (χ3n) is 4.98. The molecule has 0 unspecified atom stereocenters. The molecule has 2 rings (SSSR count). The number of amides is 1. The van der Waals surface area contributed by atoms with Gasteiger partial charge in [0.2, 0.25) is 5.91 Å². The van der Waals surface area contributed by atoms with E-state index in [1.807, 2.05) is 6.92 Å². The fraction of sp³-hybridized carbons (Fsp3) is 0.600. The molecule has 1 aromatic carbocycles. The molecule has 0 bridgehead atoms. The molecule has 0 aromatic heterocycles. The predicted octanol–water partition coefficient (Wildman–Crippen LogP) is 2.67. The third-order valence-corrected chi connectivity index (χ3v) is 4.98. The van der Waals surface area contributed by atoms with Crippen LogP contribution in [-0.2, 0) is 9.53 Å². The van der Waals surface area contributed by atoms with Crippen molar-refractivity contribution >= 4 is 23.3 Å². The Morgan fingerprint density at radius 2 is 2.04 bits per heavy atom. The number of piperidine rings is 1. The van der Waals surface area contributed by atoms with Crippen LogP contribution in [0, 0.1) is 0 Å². The molecule has 2 N–H and O–H groups in total. The largest absolute Gasteiger partial charge is 0.478 e. The number of nitrogens with zero attached hydrogens (tertiary/aromatic N) is 2. The molecular formula is C20H31N3O4. The molecule has 7 heteroatoms. The first-order valence-corrected chi connectivity index (χ1v) is 9.60. The van der Waals surface area contributed by atoms with Gasteiger partial charge in [-0.05, 0) is 51.4 Å². The van der Waals surface area contributed by atoms with Crippen molar-refractivity contribution in [2.45, 2.75) is 39.2 Å². The van der Waals surface area contributed by atoms with Crippen molar-refractivity contribution in [1.82, 2.24) is 4.90 Å². The lowest BCUT2D eigenvalue weighted by Crippen LogP contribution is -2.44. The number of nitrogens with one attached hydrogen (secondary N) is 1. The average Bonchev–Trinajstić information content (AvgIpc) is 2.64. The zero-order valence-corrected chi connectivity index (χ0v) is 16.5. The van der Waals surface area contributed by atoms with Gasteiger partial charge in [0.25, 0.3) is 0 Å². The smallest absolute Gasteiger partial charge is 0.337 e. The number of hydrogen-bond acceptors (Lipinski definition) is 5. The first kappa shape index (κ1) is 21.2. The van der Waals surface area contributed by atoms with Gasteiger partial charge in [0.1, 0.15) is 0 Å². The van der Waals surface area contributed by atoms with Gasteiger partial charge >= 0.3 is 5.97 Å². The van der Waals surface area contributed by atoms with E-state index in [9.17, 15) is 14.7 Å². The molecule has 1 heterocycles. The number of anilines is 2. The summed E-state index contributed by atoms with van der Waals surface area (Å²) in [4.78, 5) is 27.4. The topological polar surface area (TPSA) is 82.1 Å². The molecule has 1 fully saturated rings. The second kappa shape index (κ2) is 10.3. The molecule has 0 spiro atoms. The van der Waals surface area contributed by atoms with Gasteiger partial charge in [-0.1, -0.05) is 0 Å². The summed E-state index contributed by atoms with van der Waals surface area (Å²) in [6, 6.07) is 5.59. The van der Waals surface area contributed by atoms with Gasteiger partial charge in [0, 0.05) is 51.5 Å². The number of benzene rings is 1. The summed E-state index contributed by atoms with van der Waals surface area (Å²) in [7, 11) is 2.15. The fourth-order valence-corrected chi connectivity index (χ4v) is 3.55. The normalized spacial score (nSPS) is 15.2. The summed E-state index contributed by atoms with van der Waals surface area (Å²) in [6.45, 7) is 7.62. The maximum absolute atomic E-state index is 11.7. The highest BCUT2D eigenvalue weighted by molar-refractivity contribution is 5.97. The zero-order valence-electron chi connectivity index (χ0n) is 16.5. The lowest BCUT2D eigenvalue weighted by atomic mass is 10.0. The molecule has 1 aromatic rings. The summed E-state index contributed by atoms with van der Waals surface area (Å²) in [5, 5.41) is 12.2. The molecule has 0 aliphatic carbocycles. The fourth-order valence-electron chi connectivity index (χ4n) is 3.55. The standard InChI is InChI=1S/C20H31N3O4/c1-4-27-13-5-10-22(3)17-8-11-23(12-9-17)19-7-6-16(21-15(2)24)14-18(19)20(25)26/h6-7,14,17H,4-5,8-13H2,1-3H3,(H,21,24)(H,25,26). The van der Waals surface area contributed by atoms with E-state index < -0.39 is 5.97 Å². The number of carbonyl (C=O) groups excluding carboxylic acids is 1. The first-order valence-electron chi connectivity index (χ1n) is 9.60. The van der Waals surface area contributed by atoms with Gasteiger partial charge in [-0.2, -0.15) is 0 Å². The number of carboxylic acid groups (broad SMARTS) is 1. The molecule has 150 valence electrons. The minimum atomic E-state index is -0.979. The number of hydrogen-bond donors (Lipinski definition) is 2. The van der Waals surface area contributed by atoms with Gasteiger partial charge in [-0.15, -0.1) is 0 Å². The second-order valence-corrected chi connectivity index (χ2v) is 6.97. The van der Waals surface area contributed by atoms with E-state index in [2.05, 4.69) is 22.2 Å². The highest BCUT2D eigenvalue weighted by Crippen LogP contribution is 2.28. The SMILES string of the molecule is CCOCCCN(C)C1CCN(c2ccc(NC(C)=O)cc2C(=O)O)CC1. The Bertz CT molecular complexity index is 642. The molecule has 27 heavy (non-hydrogen) atoms. The molecule has 1 saturated heterocycles. The molecule has 0 radical (unpaired) electrons.